The molecule has 0 radical (unpaired) electrons. The normalized spacial score (nSPS) is 10.7. The van der Waals surface area contributed by atoms with E-state index in [0.29, 0.717) is 29.4 Å². The first-order chi connectivity index (χ1) is 12.5. The lowest BCUT2D eigenvalue weighted by molar-refractivity contribution is -0.118. The molecule has 4 nitrogen and oxygen atoms in total. The van der Waals surface area contributed by atoms with Crippen LogP contribution in [0.5, 0.6) is 11.5 Å². The number of halogens is 1. The highest BCUT2D eigenvalue weighted by Gasteiger charge is 2.09. The Labute approximate surface area is 158 Å². The molecule has 1 N–H and O–H groups in total. The first-order valence-electron chi connectivity index (χ1n) is 8.41. The largest absolute Gasteiger partial charge is 0.493 e. The summed E-state index contributed by atoms with van der Waals surface area (Å²) in [4.78, 5) is 12.0. The lowest BCUT2D eigenvalue weighted by atomic mass is 10.2. The summed E-state index contributed by atoms with van der Waals surface area (Å²) in [6.45, 7) is 4.30. The van der Waals surface area contributed by atoms with Gasteiger partial charge in [-0.1, -0.05) is 24.3 Å². The summed E-state index contributed by atoms with van der Waals surface area (Å²) in [6.07, 6.45) is 0.0564. The molecule has 140 valence electrons. The molecule has 0 heterocycles. The van der Waals surface area contributed by atoms with Crippen LogP contribution in [0.1, 0.15) is 25.0 Å². The quantitative estimate of drug-likeness (QED) is 0.712. The van der Waals surface area contributed by atoms with E-state index >= 15 is 0 Å². The van der Waals surface area contributed by atoms with Crippen molar-refractivity contribution in [3.8, 4) is 11.5 Å². The van der Waals surface area contributed by atoms with Crippen LogP contribution in [0.15, 0.2) is 42.5 Å². The molecule has 0 atom stereocenters. The Hall–Kier alpha value is -2.21. The van der Waals surface area contributed by atoms with Gasteiger partial charge in [-0.15, -0.1) is 11.8 Å². The maximum absolute atomic E-state index is 13.5. The molecule has 0 spiro atoms. The third-order valence-electron chi connectivity index (χ3n) is 3.53. The number of hydrogen-bond donors (Lipinski definition) is 1. The van der Waals surface area contributed by atoms with Crippen LogP contribution in [-0.2, 0) is 17.1 Å². The molecule has 2 aromatic rings. The Bertz CT molecular complexity index is 737. The molecular weight excluding hydrogens is 353 g/mol. The van der Waals surface area contributed by atoms with Gasteiger partial charge in [0.2, 0.25) is 5.91 Å². The Kier molecular flexibility index (Phi) is 7.78. The van der Waals surface area contributed by atoms with Gasteiger partial charge in [0.1, 0.15) is 5.82 Å². The molecule has 0 saturated carbocycles. The van der Waals surface area contributed by atoms with Crippen molar-refractivity contribution in [2.45, 2.75) is 32.2 Å². The van der Waals surface area contributed by atoms with E-state index in [2.05, 4.69) is 5.32 Å². The van der Waals surface area contributed by atoms with Gasteiger partial charge in [0.25, 0.3) is 0 Å². The second-order valence-corrected chi connectivity index (χ2v) is 7.00. The molecule has 0 aliphatic rings. The van der Waals surface area contributed by atoms with Gasteiger partial charge in [0.05, 0.1) is 19.0 Å². The van der Waals surface area contributed by atoms with E-state index in [1.165, 1.54) is 17.8 Å². The fraction of sp³-hybridized carbons (Fsp3) is 0.350. The third-order valence-corrected chi connectivity index (χ3v) is 4.51. The highest BCUT2D eigenvalue weighted by Crippen LogP contribution is 2.29. The van der Waals surface area contributed by atoms with Crippen LogP contribution in [0.25, 0.3) is 0 Å². The number of ether oxygens (including phenoxy) is 2. The standard InChI is InChI=1S/C20H24FNO3S/c1-14(2)25-18-9-8-15(10-19(18)24-3)11-22-20(23)13-26-12-16-6-4-5-7-17(16)21/h4-10,14H,11-13H2,1-3H3,(H,22,23). The monoisotopic (exact) mass is 377 g/mol. The van der Waals surface area contributed by atoms with Crippen LogP contribution < -0.4 is 14.8 Å². The molecule has 0 aromatic heterocycles. The fourth-order valence-electron chi connectivity index (χ4n) is 2.29. The predicted molar refractivity (Wildman–Crippen MR) is 103 cm³/mol. The van der Waals surface area contributed by atoms with Gasteiger partial charge in [0, 0.05) is 12.3 Å². The van der Waals surface area contributed by atoms with E-state index in [1.54, 1.807) is 25.3 Å². The van der Waals surface area contributed by atoms with Crippen molar-refractivity contribution < 1.29 is 18.7 Å². The van der Waals surface area contributed by atoms with Crippen molar-refractivity contribution in [2.24, 2.45) is 0 Å². The molecule has 0 aliphatic heterocycles. The van der Waals surface area contributed by atoms with E-state index in [4.69, 9.17) is 9.47 Å². The maximum atomic E-state index is 13.5. The number of carbonyl (C=O) groups excluding carboxylic acids is 1. The SMILES string of the molecule is COc1cc(CNC(=O)CSCc2ccccc2F)ccc1OC(C)C. The van der Waals surface area contributed by atoms with Crippen LogP contribution in [0.3, 0.4) is 0 Å². The zero-order valence-electron chi connectivity index (χ0n) is 15.3. The Morgan fingerprint density at radius 1 is 1.19 bits per heavy atom. The molecule has 1 amide bonds. The van der Waals surface area contributed by atoms with Crippen LogP contribution in [-0.4, -0.2) is 24.9 Å². The minimum atomic E-state index is -0.240. The fourth-order valence-corrected chi connectivity index (χ4v) is 3.14. The average molecular weight is 377 g/mol. The van der Waals surface area contributed by atoms with Gasteiger partial charge >= 0.3 is 0 Å². The molecule has 0 bridgehead atoms. The Morgan fingerprint density at radius 2 is 1.96 bits per heavy atom. The molecule has 0 fully saturated rings. The zero-order valence-corrected chi connectivity index (χ0v) is 16.1. The second-order valence-electron chi connectivity index (χ2n) is 6.01. The van der Waals surface area contributed by atoms with Gasteiger partial charge in [0.15, 0.2) is 11.5 Å². The van der Waals surface area contributed by atoms with Crippen LogP contribution in [0.4, 0.5) is 4.39 Å². The topological polar surface area (TPSA) is 47.6 Å². The molecule has 0 saturated heterocycles. The van der Waals surface area contributed by atoms with Crippen molar-refractivity contribution >= 4 is 17.7 Å². The molecule has 0 unspecified atom stereocenters. The second kappa shape index (κ2) is 10.1. The first-order valence-corrected chi connectivity index (χ1v) is 9.56. The molecule has 6 heteroatoms. The van der Waals surface area contributed by atoms with Gasteiger partial charge in [-0.25, -0.2) is 4.39 Å². The van der Waals surface area contributed by atoms with Gasteiger partial charge in [-0.2, -0.15) is 0 Å². The van der Waals surface area contributed by atoms with Gasteiger partial charge in [-0.05, 0) is 43.2 Å². The number of benzene rings is 2. The van der Waals surface area contributed by atoms with E-state index in [0.717, 1.165) is 5.56 Å². The lowest BCUT2D eigenvalue weighted by Gasteiger charge is -2.14. The van der Waals surface area contributed by atoms with Gasteiger partial charge < -0.3 is 14.8 Å². The average Bonchev–Trinajstić information content (AvgIpc) is 2.62. The summed E-state index contributed by atoms with van der Waals surface area (Å²) in [6, 6.07) is 12.2. The lowest BCUT2D eigenvalue weighted by Crippen LogP contribution is -2.24. The minimum Gasteiger partial charge on any atom is -0.493 e. The Balaban J connectivity index is 1.80. The number of rotatable bonds is 9. The highest BCUT2D eigenvalue weighted by atomic mass is 32.2. The summed E-state index contributed by atoms with van der Waals surface area (Å²) in [5.41, 5.74) is 1.53. The molecule has 0 aliphatic carbocycles. The summed E-state index contributed by atoms with van der Waals surface area (Å²) >= 11 is 1.38. The molecule has 26 heavy (non-hydrogen) atoms. The minimum absolute atomic E-state index is 0.0564. The van der Waals surface area contributed by atoms with Gasteiger partial charge in [-0.3, -0.25) is 4.79 Å². The van der Waals surface area contributed by atoms with Crippen molar-refractivity contribution in [1.29, 1.82) is 0 Å². The van der Waals surface area contributed by atoms with E-state index in [-0.39, 0.29) is 23.6 Å². The number of thioether (sulfide) groups is 1. The number of methoxy groups -OCH3 is 1. The van der Waals surface area contributed by atoms with Crippen LogP contribution >= 0.6 is 11.8 Å². The van der Waals surface area contributed by atoms with E-state index in [9.17, 15) is 9.18 Å². The number of nitrogens with one attached hydrogen (secondary N) is 1. The smallest absolute Gasteiger partial charge is 0.230 e. The van der Waals surface area contributed by atoms with Crippen LogP contribution in [0.2, 0.25) is 0 Å². The van der Waals surface area contributed by atoms with Crippen molar-refractivity contribution in [1.82, 2.24) is 5.32 Å². The third kappa shape index (κ3) is 6.26. The number of amides is 1. The zero-order chi connectivity index (χ0) is 18.9. The Morgan fingerprint density at radius 3 is 2.65 bits per heavy atom. The maximum Gasteiger partial charge on any atom is 0.230 e. The molecule has 2 rings (SSSR count). The predicted octanol–water partition coefficient (Wildman–Crippen LogP) is 4.17. The molecule has 2 aromatic carbocycles. The van der Waals surface area contributed by atoms with Crippen LogP contribution in [0, 0.1) is 5.82 Å². The number of hydrogen-bond acceptors (Lipinski definition) is 4. The van der Waals surface area contributed by atoms with Crippen molar-refractivity contribution in [2.75, 3.05) is 12.9 Å². The summed E-state index contributed by atoms with van der Waals surface area (Å²) < 4.78 is 24.5. The van der Waals surface area contributed by atoms with E-state index < -0.39 is 0 Å². The van der Waals surface area contributed by atoms with E-state index in [1.807, 2.05) is 32.0 Å². The summed E-state index contributed by atoms with van der Waals surface area (Å²) in [5, 5.41) is 2.86. The highest BCUT2D eigenvalue weighted by molar-refractivity contribution is 7.99. The van der Waals surface area contributed by atoms with Crippen molar-refractivity contribution in [3.63, 3.8) is 0 Å². The summed E-state index contributed by atoms with van der Waals surface area (Å²) in [5.74, 6) is 1.73. The van der Waals surface area contributed by atoms with Crippen molar-refractivity contribution in [3.05, 3.63) is 59.4 Å². The first kappa shape index (κ1) is 20.1. The number of carbonyl (C=O) groups is 1. The summed E-state index contributed by atoms with van der Waals surface area (Å²) in [7, 11) is 1.59. The molecular formula is C20H24FNO3S.